The van der Waals surface area contributed by atoms with Crippen molar-refractivity contribution in [3.05, 3.63) is 21.9 Å². The summed E-state index contributed by atoms with van der Waals surface area (Å²) >= 11 is 11.8. The summed E-state index contributed by atoms with van der Waals surface area (Å²) in [6.07, 6.45) is 3.43. The Morgan fingerprint density at radius 1 is 1.33 bits per heavy atom. The van der Waals surface area contributed by atoms with Crippen molar-refractivity contribution in [2.24, 2.45) is 16.7 Å². The van der Waals surface area contributed by atoms with Gasteiger partial charge in [-0.15, -0.1) is 10.2 Å². The molecule has 1 aromatic heterocycles. The second kappa shape index (κ2) is 4.82. The van der Waals surface area contributed by atoms with E-state index in [1.54, 1.807) is 0 Å². The molecule has 0 aliphatic heterocycles. The van der Waals surface area contributed by atoms with E-state index in [1.807, 2.05) is 0 Å². The van der Waals surface area contributed by atoms with E-state index in [4.69, 9.17) is 23.2 Å². The summed E-state index contributed by atoms with van der Waals surface area (Å²) in [5.74, 6) is 0.453. The normalized spacial score (nSPS) is 33.2. The van der Waals surface area contributed by atoms with E-state index >= 15 is 0 Å². The molecule has 0 spiro atoms. The summed E-state index contributed by atoms with van der Waals surface area (Å²) in [7, 11) is 0. The minimum absolute atomic E-state index is 0.0875. The van der Waals surface area contributed by atoms with Crippen LogP contribution in [0, 0.1) is 16.7 Å². The van der Waals surface area contributed by atoms with Crippen molar-refractivity contribution in [3.63, 3.8) is 0 Å². The van der Waals surface area contributed by atoms with Crippen LogP contribution in [0.1, 0.15) is 50.4 Å². The zero-order valence-corrected chi connectivity index (χ0v) is 13.9. The Labute approximate surface area is 134 Å². The molecule has 21 heavy (non-hydrogen) atoms. The number of fused-ring (bicyclic) bond motifs is 2. The lowest BCUT2D eigenvalue weighted by Crippen LogP contribution is -2.47. The second-order valence-electron chi connectivity index (χ2n) is 7.01. The number of carbonyl (C=O) groups excluding carboxylic acids is 1. The largest absolute Gasteiger partial charge is 0.349 e. The van der Waals surface area contributed by atoms with Crippen molar-refractivity contribution in [3.8, 4) is 0 Å². The maximum Gasteiger partial charge on any atom is 0.254 e. The fourth-order valence-electron chi connectivity index (χ4n) is 4.17. The van der Waals surface area contributed by atoms with Crippen molar-refractivity contribution in [1.29, 1.82) is 0 Å². The Balaban J connectivity index is 1.82. The maximum atomic E-state index is 12.5. The van der Waals surface area contributed by atoms with Gasteiger partial charge in [-0.3, -0.25) is 4.79 Å². The number of nitrogens with zero attached hydrogens (tertiary/aromatic N) is 2. The summed E-state index contributed by atoms with van der Waals surface area (Å²) in [5, 5.41) is 10.7. The molecule has 1 aromatic rings. The predicted molar refractivity (Wildman–Crippen MR) is 82.5 cm³/mol. The van der Waals surface area contributed by atoms with E-state index in [-0.39, 0.29) is 33.1 Å². The average molecular weight is 328 g/mol. The van der Waals surface area contributed by atoms with Crippen molar-refractivity contribution < 1.29 is 4.79 Å². The molecule has 2 aliphatic carbocycles. The summed E-state index contributed by atoms with van der Waals surface area (Å²) in [5.41, 5.74) is 0.674. The van der Waals surface area contributed by atoms with E-state index in [9.17, 15) is 4.79 Å². The van der Waals surface area contributed by atoms with Crippen LogP contribution in [-0.2, 0) is 0 Å². The molecule has 0 radical (unpaired) electrons. The van der Waals surface area contributed by atoms with Gasteiger partial charge in [0.2, 0.25) is 0 Å². The Bertz CT molecular complexity index is 605. The minimum atomic E-state index is -0.216. The third-order valence-corrected chi connectivity index (χ3v) is 6.53. The average Bonchev–Trinajstić information content (AvgIpc) is 2.74. The quantitative estimate of drug-likeness (QED) is 0.900. The molecule has 1 amide bonds. The van der Waals surface area contributed by atoms with Crippen LogP contribution in [0.4, 0.5) is 0 Å². The first-order chi connectivity index (χ1) is 9.75. The first kappa shape index (κ1) is 15.0. The van der Waals surface area contributed by atoms with Crippen LogP contribution in [0.15, 0.2) is 6.07 Å². The molecule has 2 fully saturated rings. The summed E-state index contributed by atoms with van der Waals surface area (Å²) in [6.45, 7) is 6.91. The van der Waals surface area contributed by atoms with E-state index in [0.29, 0.717) is 11.5 Å². The SMILES string of the molecule is CC1(C)C2CCC1(C)C(NC(=O)c1cc(Cl)nnc1Cl)C2. The van der Waals surface area contributed by atoms with Gasteiger partial charge in [0.1, 0.15) is 0 Å². The topological polar surface area (TPSA) is 54.9 Å². The molecule has 1 heterocycles. The molecular weight excluding hydrogens is 309 g/mol. The first-order valence-electron chi connectivity index (χ1n) is 7.25. The number of hydrogen-bond acceptors (Lipinski definition) is 3. The van der Waals surface area contributed by atoms with Gasteiger partial charge in [0.05, 0.1) is 5.56 Å². The van der Waals surface area contributed by atoms with Crippen LogP contribution in [0.2, 0.25) is 10.3 Å². The van der Waals surface area contributed by atoms with E-state index < -0.39 is 0 Å². The van der Waals surface area contributed by atoms with Gasteiger partial charge >= 0.3 is 0 Å². The highest BCUT2D eigenvalue weighted by atomic mass is 35.5. The Kier molecular flexibility index (Phi) is 3.45. The van der Waals surface area contributed by atoms with Crippen LogP contribution in [-0.4, -0.2) is 22.1 Å². The molecule has 0 aromatic carbocycles. The lowest BCUT2D eigenvalue weighted by molar-refractivity contribution is 0.0826. The highest BCUT2D eigenvalue weighted by molar-refractivity contribution is 6.34. The Morgan fingerprint density at radius 3 is 2.62 bits per heavy atom. The van der Waals surface area contributed by atoms with Gasteiger partial charge in [-0.05, 0) is 42.1 Å². The van der Waals surface area contributed by atoms with Gasteiger partial charge in [-0.1, -0.05) is 44.0 Å². The molecule has 114 valence electrons. The third kappa shape index (κ3) is 2.15. The fourth-order valence-corrected chi connectivity index (χ4v) is 4.50. The van der Waals surface area contributed by atoms with Gasteiger partial charge in [0, 0.05) is 6.04 Å². The molecule has 0 saturated heterocycles. The maximum absolute atomic E-state index is 12.5. The minimum Gasteiger partial charge on any atom is -0.349 e. The van der Waals surface area contributed by atoms with Gasteiger partial charge in [0.15, 0.2) is 10.3 Å². The molecule has 1 N–H and O–H groups in total. The van der Waals surface area contributed by atoms with Gasteiger partial charge in [-0.25, -0.2) is 0 Å². The van der Waals surface area contributed by atoms with Crippen LogP contribution < -0.4 is 5.32 Å². The number of halogens is 2. The molecule has 6 heteroatoms. The van der Waals surface area contributed by atoms with Crippen LogP contribution in [0.3, 0.4) is 0 Å². The van der Waals surface area contributed by atoms with Gasteiger partial charge in [-0.2, -0.15) is 0 Å². The number of nitrogens with one attached hydrogen (secondary N) is 1. The summed E-state index contributed by atoms with van der Waals surface area (Å²) in [6, 6.07) is 1.63. The monoisotopic (exact) mass is 327 g/mol. The lowest BCUT2D eigenvalue weighted by atomic mass is 9.69. The highest BCUT2D eigenvalue weighted by Gasteiger charge is 2.61. The number of carbonyl (C=O) groups is 1. The van der Waals surface area contributed by atoms with E-state index in [2.05, 4.69) is 36.3 Å². The van der Waals surface area contributed by atoms with Crippen molar-refractivity contribution in [2.45, 2.75) is 46.1 Å². The predicted octanol–water partition coefficient (Wildman–Crippen LogP) is 3.73. The van der Waals surface area contributed by atoms with Crippen LogP contribution in [0.5, 0.6) is 0 Å². The molecular formula is C15H19Cl2N3O. The number of amides is 1. The van der Waals surface area contributed by atoms with E-state index in [1.165, 1.54) is 12.5 Å². The molecule has 2 saturated carbocycles. The second-order valence-corrected chi connectivity index (χ2v) is 7.75. The van der Waals surface area contributed by atoms with Gasteiger partial charge < -0.3 is 5.32 Å². The van der Waals surface area contributed by atoms with Crippen molar-refractivity contribution >= 4 is 29.1 Å². The zero-order chi connectivity index (χ0) is 15.4. The summed E-state index contributed by atoms with van der Waals surface area (Å²) < 4.78 is 0. The molecule has 3 rings (SSSR count). The molecule has 2 bridgehead atoms. The van der Waals surface area contributed by atoms with Crippen LogP contribution >= 0.6 is 23.2 Å². The first-order valence-corrected chi connectivity index (χ1v) is 8.01. The van der Waals surface area contributed by atoms with Crippen molar-refractivity contribution in [1.82, 2.24) is 15.5 Å². The van der Waals surface area contributed by atoms with Crippen molar-refractivity contribution in [2.75, 3.05) is 0 Å². The zero-order valence-electron chi connectivity index (χ0n) is 12.4. The highest BCUT2D eigenvalue weighted by Crippen LogP contribution is 2.65. The third-order valence-electron chi connectivity index (χ3n) is 6.06. The number of aromatic nitrogens is 2. The van der Waals surface area contributed by atoms with Gasteiger partial charge in [0.25, 0.3) is 5.91 Å². The smallest absolute Gasteiger partial charge is 0.254 e. The number of hydrogen-bond donors (Lipinski definition) is 1. The Hall–Kier alpha value is -0.870. The molecule has 4 nitrogen and oxygen atoms in total. The fraction of sp³-hybridized carbons (Fsp3) is 0.667. The number of rotatable bonds is 2. The molecule has 3 atom stereocenters. The molecule has 2 aliphatic rings. The molecule has 3 unspecified atom stereocenters. The lowest BCUT2D eigenvalue weighted by Gasteiger charge is -2.39. The summed E-state index contributed by atoms with van der Waals surface area (Å²) in [4.78, 5) is 12.5. The van der Waals surface area contributed by atoms with E-state index in [0.717, 1.165) is 12.8 Å². The standard InChI is InChI=1S/C15H19Cl2N3O/c1-14(2)8-4-5-15(14,3)10(6-8)18-13(21)9-7-11(16)19-20-12(9)17/h7-8,10H,4-6H2,1-3H3,(H,18,21). The Morgan fingerprint density at radius 2 is 2.05 bits per heavy atom. The van der Waals surface area contributed by atoms with Crippen LogP contribution in [0.25, 0.3) is 0 Å².